The fraction of sp³-hybridized carbons (Fsp3) is 0.440. The van der Waals surface area contributed by atoms with Crippen LogP contribution in [0, 0.1) is 12.8 Å². The van der Waals surface area contributed by atoms with Crippen LogP contribution in [0.2, 0.25) is 0 Å². The van der Waals surface area contributed by atoms with E-state index in [2.05, 4.69) is 4.90 Å². The minimum atomic E-state index is -3.63. The van der Waals surface area contributed by atoms with Crippen LogP contribution < -0.4 is 4.90 Å². The summed E-state index contributed by atoms with van der Waals surface area (Å²) in [6.07, 6.45) is 2.15. The summed E-state index contributed by atoms with van der Waals surface area (Å²) in [4.78, 5) is 22.8. The van der Waals surface area contributed by atoms with Crippen molar-refractivity contribution in [3.8, 4) is 0 Å². The van der Waals surface area contributed by atoms with Crippen LogP contribution in [0.15, 0.2) is 53.4 Å². The molecule has 2 aromatic carbocycles. The lowest BCUT2D eigenvalue weighted by Crippen LogP contribution is -2.47. The van der Waals surface area contributed by atoms with Gasteiger partial charge in [0.05, 0.1) is 21.0 Å². The minimum absolute atomic E-state index is 0.0385. The quantitative estimate of drug-likeness (QED) is 0.468. The predicted molar refractivity (Wildman–Crippen MR) is 138 cm³/mol. The summed E-state index contributed by atoms with van der Waals surface area (Å²) in [6, 6.07) is 14.5. The SMILES string of the molecule is Cc1cccc2sc(N(CCCN(C)C)C(=O)C3CCCN(S(=O)(=O)c4ccccc4)C3)nc12. The number of fused-ring (bicyclic) bond motifs is 1. The molecule has 1 aromatic heterocycles. The largest absolute Gasteiger partial charge is 0.309 e. The van der Waals surface area contributed by atoms with Crippen molar-refractivity contribution in [3.05, 3.63) is 54.1 Å². The van der Waals surface area contributed by atoms with E-state index in [1.54, 1.807) is 35.2 Å². The van der Waals surface area contributed by atoms with Gasteiger partial charge in [-0.05, 0) is 70.6 Å². The van der Waals surface area contributed by atoms with E-state index in [-0.39, 0.29) is 23.3 Å². The molecule has 34 heavy (non-hydrogen) atoms. The zero-order chi connectivity index (χ0) is 24.3. The van der Waals surface area contributed by atoms with Gasteiger partial charge in [0.15, 0.2) is 5.13 Å². The van der Waals surface area contributed by atoms with Crippen LogP contribution in [0.3, 0.4) is 0 Å². The van der Waals surface area contributed by atoms with Gasteiger partial charge in [0.1, 0.15) is 0 Å². The van der Waals surface area contributed by atoms with Crippen molar-refractivity contribution in [1.29, 1.82) is 0 Å². The highest BCUT2D eigenvalue weighted by molar-refractivity contribution is 7.89. The van der Waals surface area contributed by atoms with Gasteiger partial charge in [0, 0.05) is 19.6 Å². The molecule has 1 fully saturated rings. The molecule has 1 amide bonds. The summed E-state index contributed by atoms with van der Waals surface area (Å²) >= 11 is 1.52. The molecule has 1 unspecified atom stereocenters. The molecule has 7 nitrogen and oxygen atoms in total. The van der Waals surface area contributed by atoms with Gasteiger partial charge >= 0.3 is 0 Å². The molecule has 182 valence electrons. The molecule has 0 spiro atoms. The van der Waals surface area contributed by atoms with Crippen LogP contribution >= 0.6 is 11.3 Å². The van der Waals surface area contributed by atoms with E-state index < -0.39 is 10.0 Å². The van der Waals surface area contributed by atoms with Crippen molar-refractivity contribution >= 4 is 42.6 Å². The Hall–Kier alpha value is -2.33. The number of carbonyl (C=O) groups is 1. The van der Waals surface area contributed by atoms with E-state index in [0.29, 0.717) is 31.1 Å². The zero-order valence-corrected chi connectivity index (χ0v) is 21.6. The number of piperidine rings is 1. The number of benzene rings is 2. The highest BCUT2D eigenvalue weighted by atomic mass is 32.2. The number of aryl methyl sites for hydroxylation is 1. The van der Waals surface area contributed by atoms with E-state index >= 15 is 0 Å². The van der Waals surface area contributed by atoms with Gasteiger partial charge in [-0.2, -0.15) is 4.31 Å². The molecular formula is C25H32N4O3S2. The van der Waals surface area contributed by atoms with Crippen molar-refractivity contribution in [2.24, 2.45) is 5.92 Å². The molecule has 1 atom stereocenters. The number of amides is 1. The van der Waals surface area contributed by atoms with Crippen molar-refractivity contribution in [2.75, 3.05) is 45.2 Å². The number of thiazole rings is 1. The summed E-state index contributed by atoms with van der Waals surface area (Å²) in [5.74, 6) is -0.428. The van der Waals surface area contributed by atoms with E-state index in [9.17, 15) is 13.2 Å². The monoisotopic (exact) mass is 500 g/mol. The maximum absolute atomic E-state index is 13.8. The molecule has 0 aliphatic carbocycles. The Balaban J connectivity index is 1.59. The van der Waals surface area contributed by atoms with Crippen LogP contribution in [-0.4, -0.2) is 68.8 Å². The molecule has 0 N–H and O–H groups in total. The number of sulfonamides is 1. The smallest absolute Gasteiger partial charge is 0.243 e. The average Bonchev–Trinajstić information content (AvgIpc) is 3.27. The van der Waals surface area contributed by atoms with Crippen LogP contribution in [-0.2, 0) is 14.8 Å². The van der Waals surface area contributed by atoms with E-state index in [4.69, 9.17) is 4.98 Å². The van der Waals surface area contributed by atoms with E-state index in [1.165, 1.54) is 15.6 Å². The normalized spacial score (nSPS) is 17.4. The maximum Gasteiger partial charge on any atom is 0.243 e. The molecule has 3 aromatic rings. The maximum atomic E-state index is 13.8. The topological polar surface area (TPSA) is 73.8 Å². The van der Waals surface area contributed by atoms with Gasteiger partial charge in [0.25, 0.3) is 0 Å². The molecule has 1 aliphatic rings. The van der Waals surface area contributed by atoms with E-state index in [0.717, 1.165) is 28.7 Å². The highest BCUT2D eigenvalue weighted by Gasteiger charge is 2.36. The molecule has 0 saturated carbocycles. The lowest BCUT2D eigenvalue weighted by Gasteiger charge is -2.33. The number of rotatable bonds is 8. The van der Waals surface area contributed by atoms with Crippen LogP contribution in [0.4, 0.5) is 5.13 Å². The lowest BCUT2D eigenvalue weighted by atomic mass is 9.98. The van der Waals surface area contributed by atoms with Crippen molar-refractivity contribution in [1.82, 2.24) is 14.2 Å². The first kappa shape index (κ1) is 24.8. The van der Waals surface area contributed by atoms with Crippen LogP contribution in [0.5, 0.6) is 0 Å². The van der Waals surface area contributed by atoms with Crippen molar-refractivity contribution < 1.29 is 13.2 Å². The molecule has 1 saturated heterocycles. The standard InChI is InChI=1S/C25H32N4O3S2/c1-19-10-7-14-22-23(19)26-25(33-22)29(17-9-15-27(2)3)24(30)20-11-8-16-28(18-20)34(31,32)21-12-5-4-6-13-21/h4-7,10,12-14,20H,8-9,11,15-18H2,1-3H3. The first-order chi connectivity index (χ1) is 16.3. The molecule has 0 radical (unpaired) electrons. The molecule has 2 heterocycles. The summed E-state index contributed by atoms with van der Waals surface area (Å²) in [5.41, 5.74) is 2.00. The molecule has 9 heteroatoms. The predicted octanol–water partition coefficient (Wildman–Crippen LogP) is 3.99. The zero-order valence-electron chi connectivity index (χ0n) is 20.0. The Kier molecular flexibility index (Phi) is 7.67. The number of nitrogens with zero attached hydrogens (tertiary/aromatic N) is 4. The van der Waals surface area contributed by atoms with Gasteiger partial charge in [0.2, 0.25) is 15.9 Å². The minimum Gasteiger partial charge on any atom is -0.309 e. The average molecular weight is 501 g/mol. The second kappa shape index (κ2) is 10.5. The summed E-state index contributed by atoms with van der Waals surface area (Å²) < 4.78 is 28.9. The number of aromatic nitrogens is 1. The van der Waals surface area contributed by atoms with Crippen molar-refractivity contribution in [2.45, 2.75) is 31.1 Å². The van der Waals surface area contributed by atoms with Crippen molar-refractivity contribution in [3.63, 3.8) is 0 Å². The Morgan fingerprint density at radius 2 is 1.88 bits per heavy atom. The molecule has 1 aliphatic heterocycles. The number of carbonyl (C=O) groups excluding carboxylic acids is 1. The number of hydrogen-bond acceptors (Lipinski definition) is 6. The summed E-state index contributed by atoms with van der Waals surface area (Å²) in [7, 11) is 0.399. The Labute approximate surface area is 206 Å². The second-order valence-corrected chi connectivity index (χ2v) is 12.0. The highest BCUT2D eigenvalue weighted by Crippen LogP contribution is 2.33. The third-order valence-electron chi connectivity index (χ3n) is 6.21. The Bertz CT molecular complexity index is 1240. The third kappa shape index (κ3) is 5.33. The van der Waals surface area contributed by atoms with Gasteiger partial charge in [-0.3, -0.25) is 9.69 Å². The van der Waals surface area contributed by atoms with Gasteiger partial charge in [-0.25, -0.2) is 13.4 Å². The van der Waals surface area contributed by atoms with Crippen LogP contribution in [0.1, 0.15) is 24.8 Å². The fourth-order valence-electron chi connectivity index (χ4n) is 4.36. The van der Waals surface area contributed by atoms with Crippen LogP contribution in [0.25, 0.3) is 10.2 Å². The van der Waals surface area contributed by atoms with Gasteiger partial charge in [-0.1, -0.05) is 41.7 Å². The first-order valence-corrected chi connectivity index (χ1v) is 13.9. The van der Waals surface area contributed by atoms with Gasteiger partial charge in [-0.15, -0.1) is 0 Å². The summed E-state index contributed by atoms with van der Waals surface area (Å²) in [5, 5.41) is 0.691. The number of hydrogen-bond donors (Lipinski definition) is 0. The van der Waals surface area contributed by atoms with E-state index in [1.807, 2.05) is 39.2 Å². The van der Waals surface area contributed by atoms with Gasteiger partial charge < -0.3 is 4.90 Å². The third-order valence-corrected chi connectivity index (χ3v) is 9.13. The fourth-order valence-corrected chi connectivity index (χ4v) is 6.98. The lowest BCUT2D eigenvalue weighted by molar-refractivity contribution is -0.123. The summed E-state index contributed by atoms with van der Waals surface area (Å²) in [6.45, 7) is 4.06. The molecular weight excluding hydrogens is 468 g/mol. The first-order valence-electron chi connectivity index (χ1n) is 11.6. The Morgan fingerprint density at radius 3 is 2.59 bits per heavy atom. The molecule has 4 rings (SSSR count). The number of para-hydroxylation sites is 1. The number of anilines is 1. The molecule has 0 bridgehead atoms. The Morgan fingerprint density at radius 1 is 1.12 bits per heavy atom. The second-order valence-electron chi connectivity index (χ2n) is 9.08.